The fourth-order valence-corrected chi connectivity index (χ4v) is 5.78. The summed E-state index contributed by atoms with van der Waals surface area (Å²) in [4.78, 5) is 16.4. The van der Waals surface area contributed by atoms with Gasteiger partial charge < -0.3 is 19.3 Å². The van der Waals surface area contributed by atoms with Gasteiger partial charge in [-0.25, -0.2) is 9.18 Å². The number of ether oxygens (including phenoxy) is 1. The van der Waals surface area contributed by atoms with Crippen molar-refractivity contribution >= 4 is 22.5 Å². The predicted octanol–water partition coefficient (Wildman–Crippen LogP) is 5.42. The Labute approximate surface area is 206 Å². The first-order chi connectivity index (χ1) is 15.3. The zero-order valence-electron chi connectivity index (χ0n) is 22.6. The van der Waals surface area contributed by atoms with E-state index in [-0.39, 0.29) is 22.5 Å². The Balaban J connectivity index is 2.58. The second-order valence-corrected chi connectivity index (χ2v) is 22.0. The van der Waals surface area contributed by atoms with Gasteiger partial charge in [-0.1, -0.05) is 47.6 Å². The average molecular weight is 514 g/mol. The van der Waals surface area contributed by atoms with Crippen molar-refractivity contribution in [1.29, 1.82) is 0 Å². The summed E-state index contributed by atoms with van der Waals surface area (Å²) in [5.41, 5.74) is 3.84. The zero-order valence-corrected chi connectivity index (χ0v) is 24.6. The van der Waals surface area contributed by atoms with Crippen LogP contribution in [-0.2, 0) is 13.6 Å². The summed E-state index contributed by atoms with van der Waals surface area (Å²) >= 11 is 0. The normalized spacial score (nSPS) is 26.6. The predicted molar refractivity (Wildman–Crippen MR) is 141 cm³/mol. The van der Waals surface area contributed by atoms with Gasteiger partial charge in [-0.05, 0) is 48.8 Å². The molecule has 1 saturated heterocycles. The van der Waals surface area contributed by atoms with Crippen molar-refractivity contribution in [3.05, 3.63) is 35.4 Å². The van der Waals surface area contributed by atoms with E-state index in [1.165, 1.54) is 12.3 Å². The molecule has 1 aromatic rings. The molecular weight excluding hydrogens is 469 g/mol. The molecule has 7 nitrogen and oxygen atoms in total. The molecule has 1 unspecified atom stereocenters. The minimum Gasteiger partial charge on any atom is -0.414 e. The van der Waals surface area contributed by atoms with E-state index in [1.807, 2.05) is 0 Å². The van der Waals surface area contributed by atoms with Gasteiger partial charge in [0.05, 0.1) is 6.61 Å². The lowest BCUT2D eigenvalue weighted by molar-refractivity contribution is -0.121. The fraction of sp³-hybridized carbons (Fsp3) is 0.750. The second kappa shape index (κ2) is 9.61. The Morgan fingerprint density at radius 1 is 1.21 bits per heavy atom. The highest BCUT2D eigenvalue weighted by molar-refractivity contribution is 6.74. The summed E-state index contributed by atoms with van der Waals surface area (Å²) in [5.74, 6) is 0.0716. The number of alkyl halides is 1. The van der Waals surface area contributed by atoms with Crippen LogP contribution in [0.3, 0.4) is 0 Å². The number of aromatic nitrogens is 2. The lowest BCUT2D eigenvalue weighted by atomic mass is 9.93. The van der Waals surface area contributed by atoms with Crippen LogP contribution in [0.5, 0.6) is 0 Å². The molecule has 4 atom stereocenters. The number of nitrogen functional groups attached to an aromatic ring is 1. The summed E-state index contributed by atoms with van der Waals surface area (Å²) in [6, 6.07) is 1.46. The van der Waals surface area contributed by atoms with Crippen LogP contribution in [0.25, 0.3) is 0 Å². The van der Waals surface area contributed by atoms with Crippen molar-refractivity contribution in [1.82, 2.24) is 9.55 Å². The van der Waals surface area contributed by atoms with Crippen LogP contribution >= 0.6 is 0 Å². The number of nitrogens with two attached hydrogens (primary N) is 1. The van der Waals surface area contributed by atoms with Gasteiger partial charge in [0.2, 0.25) is 0 Å². The van der Waals surface area contributed by atoms with Gasteiger partial charge in [0.15, 0.2) is 29.0 Å². The highest BCUT2D eigenvalue weighted by Crippen LogP contribution is 2.48. The first-order valence-corrected chi connectivity index (χ1v) is 17.7. The van der Waals surface area contributed by atoms with Gasteiger partial charge in [-0.3, -0.25) is 4.57 Å². The molecule has 2 heterocycles. The Hall–Kier alpha value is -1.34. The van der Waals surface area contributed by atoms with Gasteiger partial charge in [0.1, 0.15) is 17.5 Å². The monoisotopic (exact) mass is 513 g/mol. The van der Waals surface area contributed by atoms with E-state index in [9.17, 15) is 4.79 Å². The van der Waals surface area contributed by atoms with Crippen LogP contribution in [-0.4, -0.2) is 50.7 Å². The zero-order chi connectivity index (χ0) is 26.3. The van der Waals surface area contributed by atoms with Gasteiger partial charge in [0.25, 0.3) is 0 Å². The molecule has 0 bridgehead atoms. The number of nitrogens with zero attached hydrogens (tertiary/aromatic N) is 2. The standard InChI is InChI=1S/C24H44FN3O4Si2/c1-12-14-24(16-30-33(8,9)22(2,3)4)19(32-34(10,11)23(5,6)7)18(25)20(31-24)28-15-13-17(26)27-21(28)29/h12-13,15,18-20H,1,14,16H2,2-11H3,(H2,26,27,29)/t18-,19?,20-,24-/m1/s1. The molecule has 0 radical (unpaired) electrons. The third kappa shape index (κ3) is 5.72. The van der Waals surface area contributed by atoms with E-state index in [1.54, 1.807) is 6.08 Å². The smallest absolute Gasteiger partial charge is 0.351 e. The van der Waals surface area contributed by atoms with Crippen LogP contribution in [0.15, 0.2) is 29.7 Å². The van der Waals surface area contributed by atoms with E-state index in [2.05, 4.69) is 79.3 Å². The van der Waals surface area contributed by atoms with Crippen LogP contribution < -0.4 is 11.4 Å². The maximum Gasteiger partial charge on any atom is 0.351 e. The highest BCUT2D eigenvalue weighted by atomic mass is 28.4. The van der Waals surface area contributed by atoms with E-state index in [0.29, 0.717) is 6.42 Å². The summed E-state index contributed by atoms with van der Waals surface area (Å²) in [7, 11) is -4.61. The van der Waals surface area contributed by atoms with E-state index >= 15 is 4.39 Å². The molecule has 0 spiro atoms. The Bertz CT molecular complexity index is 939. The van der Waals surface area contributed by atoms with Crippen LogP contribution in [0.1, 0.15) is 54.2 Å². The Kier molecular flexibility index (Phi) is 8.17. The molecule has 34 heavy (non-hydrogen) atoms. The van der Waals surface area contributed by atoms with Crippen molar-refractivity contribution in [2.45, 2.75) is 108 Å². The SMILES string of the molecule is C=CC[C@]1(CO[Si](C)(C)C(C)(C)C)O[C@@H](n2ccc(N)nc2=O)[C@H](F)C1O[Si](C)(C)C(C)(C)C. The fourth-order valence-electron chi connectivity index (χ4n) is 3.41. The number of hydrogen-bond acceptors (Lipinski definition) is 6. The molecule has 1 aliphatic heterocycles. The van der Waals surface area contributed by atoms with Crippen molar-refractivity contribution < 1.29 is 18.0 Å². The number of anilines is 1. The number of rotatable bonds is 8. The van der Waals surface area contributed by atoms with Crippen LogP contribution in [0, 0.1) is 0 Å². The van der Waals surface area contributed by atoms with E-state index in [4.69, 9.17) is 19.3 Å². The molecular formula is C24H44FN3O4Si2. The van der Waals surface area contributed by atoms with Crippen molar-refractivity contribution in [3.8, 4) is 0 Å². The molecule has 1 fully saturated rings. The molecule has 0 aliphatic carbocycles. The minimum atomic E-state index is -2.42. The molecule has 194 valence electrons. The topological polar surface area (TPSA) is 88.6 Å². The van der Waals surface area contributed by atoms with Crippen molar-refractivity contribution in [2.75, 3.05) is 12.3 Å². The van der Waals surface area contributed by atoms with Crippen molar-refractivity contribution in [3.63, 3.8) is 0 Å². The molecule has 0 saturated carbocycles. The molecule has 2 rings (SSSR count). The third-order valence-electron chi connectivity index (χ3n) is 7.76. The Morgan fingerprint density at radius 2 is 1.76 bits per heavy atom. The van der Waals surface area contributed by atoms with Gasteiger partial charge in [0, 0.05) is 6.20 Å². The maximum absolute atomic E-state index is 16.3. The van der Waals surface area contributed by atoms with Gasteiger partial charge in [-0.2, -0.15) is 4.98 Å². The lowest BCUT2D eigenvalue weighted by Gasteiger charge is -2.45. The summed E-state index contributed by atoms with van der Waals surface area (Å²) in [6.45, 7) is 25.3. The van der Waals surface area contributed by atoms with E-state index < -0.39 is 46.4 Å². The lowest BCUT2D eigenvalue weighted by Crippen LogP contribution is -2.56. The average Bonchev–Trinajstić information content (AvgIpc) is 2.91. The van der Waals surface area contributed by atoms with Crippen LogP contribution in [0.4, 0.5) is 10.2 Å². The van der Waals surface area contributed by atoms with Gasteiger partial charge >= 0.3 is 5.69 Å². The minimum absolute atomic E-state index is 0.0386. The molecule has 10 heteroatoms. The number of hydrogen-bond donors (Lipinski definition) is 1. The second-order valence-electron chi connectivity index (χ2n) is 12.4. The first kappa shape index (κ1) is 28.9. The highest BCUT2D eigenvalue weighted by Gasteiger charge is 2.60. The molecule has 2 N–H and O–H groups in total. The molecule has 0 amide bonds. The first-order valence-electron chi connectivity index (χ1n) is 11.9. The quantitative estimate of drug-likeness (QED) is 0.369. The van der Waals surface area contributed by atoms with Crippen LogP contribution in [0.2, 0.25) is 36.3 Å². The van der Waals surface area contributed by atoms with Gasteiger partial charge in [-0.15, -0.1) is 6.58 Å². The summed E-state index contributed by atoms with van der Waals surface area (Å²) < 4.78 is 37.1. The largest absolute Gasteiger partial charge is 0.414 e. The Morgan fingerprint density at radius 3 is 2.24 bits per heavy atom. The third-order valence-corrected chi connectivity index (χ3v) is 16.7. The number of halogens is 1. The molecule has 0 aromatic carbocycles. The van der Waals surface area contributed by atoms with Crippen molar-refractivity contribution in [2.24, 2.45) is 0 Å². The molecule has 1 aliphatic rings. The summed E-state index contributed by atoms with van der Waals surface area (Å²) in [6.07, 6.45) is -0.320. The van der Waals surface area contributed by atoms with E-state index in [0.717, 1.165) is 4.57 Å². The molecule has 1 aromatic heterocycles. The maximum atomic E-state index is 16.3. The summed E-state index contributed by atoms with van der Waals surface area (Å²) in [5, 5.41) is -0.187.